The summed E-state index contributed by atoms with van der Waals surface area (Å²) >= 11 is 1.06. The minimum atomic E-state index is -4.66. The van der Waals surface area contributed by atoms with Gasteiger partial charge in [-0.1, -0.05) is 17.3 Å². The Morgan fingerprint density at radius 1 is 1.12 bits per heavy atom. The normalized spacial score (nSPS) is 15.8. The van der Waals surface area contributed by atoms with Crippen molar-refractivity contribution in [2.24, 2.45) is 0 Å². The van der Waals surface area contributed by atoms with Crippen molar-refractivity contribution in [3.63, 3.8) is 0 Å². The summed E-state index contributed by atoms with van der Waals surface area (Å²) in [6.07, 6.45) is -4.66. The molecule has 1 aromatic carbocycles. The molecule has 7 nitrogen and oxygen atoms in total. The molecule has 1 aliphatic heterocycles. The number of alkyl halides is 3. The Kier molecular flexibility index (Phi) is 5.94. The maximum absolute atomic E-state index is 13.2. The van der Waals surface area contributed by atoms with Gasteiger partial charge in [0, 0.05) is 37.1 Å². The molecular formula is C20H20F3N3O4S2. The number of aromatic nitrogens is 1. The van der Waals surface area contributed by atoms with Crippen molar-refractivity contribution in [2.45, 2.75) is 18.0 Å². The van der Waals surface area contributed by atoms with E-state index < -0.39 is 22.0 Å². The molecule has 1 fully saturated rings. The van der Waals surface area contributed by atoms with E-state index in [1.807, 2.05) is 24.3 Å². The van der Waals surface area contributed by atoms with Gasteiger partial charge < -0.3 is 14.2 Å². The summed E-state index contributed by atoms with van der Waals surface area (Å²) in [6, 6.07) is 9.67. The van der Waals surface area contributed by atoms with Gasteiger partial charge in [0.2, 0.25) is 15.8 Å². The van der Waals surface area contributed by atoms with E-state index in [0.29, 0.717) is 28.6 Å². The number of halogens is 3. The van der Waals surface area contributed by atoms with Crippen LogP contribution in [0.3, 0.4) is 0 Å². The molecule has 3 heterocycles. The average molecular weight is 488 g/mol. The van der Waals surface area contributed by atoms with Gasteiger partial charge in [-0.05, 0) is 25.1 Å². The number of aryl methyl sites for hydroxylation is 1. The standard InChI is InChI=1S/C20H20F3N3O4S2/c1-13-18(12-17(31-13)14-11-19(30-24-14)20(21,22)23)32(27,28)26-9-7-25(8-10-26)15-5-3-4-6-16(15)29-2/h3-6,11-12H,7-10H2,1-2H3. The third-order valence-electron chi connectivity index (χ3n) is 5.20. The summed E-state index contributed by atoms with van der Waals surface area (Å²) < 4.78 is 76.0. The highest BCUT2D eigenvalue weighted by atomic mass is 32.2. The van der Waals surface area contributed by atoms with Crippen LogP contribution in [0, 0.1) is 6.92 Å². The highest BCUT2D eigenvalue weighted by Crippen LogP contribution is 2.38. The maximum atomic E-state index is 13.2. The molecule has 1 saturated heterocycles. The van der Waals surface area contributed by atoms with Crippen LogP contribution in [0.25, 0.3) is 10.6 Å². The first-order valence-corrected chi connectivity index (χ1v) is 11.9. The van der Waals surface area contributed by atoms with E-state index in [1.54, 1.807) is 14.0 Å². The zero-order chi connectivity index (χ0) is 23.1. The van der Waals surface area contributed by atoms with Crippen LogP contribution in [0.2, 0.25) is 0 Å². The van der Waals surface area contributed by atoms with Crippen LogP contribution in [-0.4, -0.2) is 51.2 Å². The number of para-hydroxylation sites is 2. The fourth-order valence-electron chi connectivity index (χ4n) is 3.57. The van der Waals surface area contributed by atoms with Crippen molar-refractivity contribution < 1.29 is 30.8 Å². The number of methoxy groups -OCH3 is 1. The van der Waals surface area contributed by atoms with Gasteiger partial charge in [-0.15, -0.1) is 11.3 Å². The number of nitrogens with zero attached hydrogens (tertiary/aromatic N) is 3. The molecule has 0 bridgehead atoms. The maximum Gasteiger partial charge on any atom is 0.452 e. The first-order valence-electron chi connectivity index (χ1n) is 9.64. The van der Waals surface area contributed by atoms with Gasteiger partial charge in [0.05, 0.1) is 22.6 Å². The number of anilines is 1. The van der Waals surface area contributed by atoms with Crippen LogP contribution < -0.4 is 9.64 Å². The lowest BCUT2D eigenvalue weighted by Gasteiger charge is -2.35. The molecular weight excluding hydrogens is 467 g/mol. The summed E-state index contributed by atoms with van der Waals surface area (Å²) in [4.78, 5) is 2.90. The second-order valence-corrected chi connectivity index (χ2v) is 10.3. The van der Waals surface area contributed by atoms with Crippen molar-refractivity contribution in [2.75, 3.05) is 38.2 Å². The molecule has 0 unspecified atom stereocenters. The van der Waals surface area contributed by atoms with Crippen LogP contribution in [-0.2, 0) is 16.2 Å². The predicted molar refractivity (Wildman–Crippen MR) is 114 cm³/mol. The van der Waals surface area contributed by atoms with Crippen LogP contribution in [0.1, 0.15) is 10.6 Å². The average Bonchev–Trinajstić information content (AvgIpc) is 3.41. The Balaban J connectivity index is 1.53. The van der Waals surface area contributed by atoms with Crippen LogP contribution in [0.5, 0.6) is 5.75 Å². The van der Waals surface area contributed by atoms with E-state index >= 15 is 0 Å². The molecule has 32 heavy (non-hydrogen) atoms. The molecule has 0 N–H and O–H groups in total. The first kappa shape index (κ1) is 22.6. The fourth-order valence-corrected chi connectivity index (χ4v) is 6.51. The van der Waals surface area contributed by atoms with Crippen molar-refractivity contribution in [3.8, 4) is 16.3 Å². The number of hydrogen-bond acceptors (Lipinski definition) is 7. The highest BCUT2D eigenvalue weighted by Gasteiger charge is 2.37. The van der Waals surface area contributed by atoms with Gasteiger partial charge in [0.25, 0.3) is 0 Å². The number of piperazine rings is 1. The molecule has 1 aliphatic rings. The van der Waals surface area contributed by atoms with Gasteiger partial charge in [0.15, 0.2) is 0 Å². The molecule has 3 aromatic rings. The summed E-state index contributed by atoms with van der Waals surface area (Å²) in [5.41, 5.74) is 0.848. The highest BCUT2D eigenvalue weighted by molar-refractivity contribution is 7.89. The van der Waals surface area contributed by atoms with E-state index in [0.717, 1.165) is 23.1 Å². The Morgan fingerprint density at radius 3 is 2.44 bits per heavy atom. The molecule has 4 rings (SSSR count). The lowest BCUT2D eigenvalue weighted by Crippen LogP contribution is -2.48. The van der Waals surface area contributed by atoms with Crippen LogP contribution >= 0.6 is 11.3 Å². The first-order chi connectivity index (χ1) is 15.1. The Labute approximate surface area is 187 Å². The lowest BCUT2D eigenvalue weighted by molar-refractivity contribution is -0.155. The van der Waals surface area contributed by atoms with E-state index in [2.05, 4.69) is 14.6 Å². The lowest BCUT2D eigenvalue weighted by atomic mass is 10.2. The molecule has 0 spiro atoms. The summed E-state index contributed by atoms with van der Waals surface area (Å²) in [5, 5.41) is 3.45. The largest absolute Gasteiger partial charge is 0.495 e. The van der Waals surface area contributed by atoms with Crippen molar-refractivity contribution in [1.82, 2.24) is 9.46 Å². The molecule has 0 radical (unpaired) electrons. The van der Waals surface area contributed by atoms with E-state index in [1.165, 1.54) is 10.4 Å². The molecule has 0 amide bonds. The monoisotopic (exact) mass is 487 g/mol. The van der Waals surface area contributed by atoms with Gasteiger partial charge in [-0.25, -0.2) is 8.42 Å². The second kappa shape index (κ2) is 8.41. The number of rotatable bonds is 5. The Morgan fingerprint density at radius 2 is 1.81 bits per heavy atom. The quantitative estimate of drug-likeness (QED) is 0.536. The molecule has 12 heteroatoms. The topological polar surface area (TPSA) is 75.9 Å². The van der Waals surface area contributed by atoms with E-state index in [9.17, 15) is 21.6 Å². The third-order valence-corrected chi connectivity index (χ3v) is 8.42. The summed E-state index contributed by atoms with van der Waals surface area (Å²) in [7, 11) is -2.23. The predicted octanol–water partition coefficient (Wildman–Crippen LogP) is 4.25. The van der Waals surface area contributed by atoms with Crippen molar-refractivity contribution >= 4 is 27.0 Å². The van der Waals surface area contributed by atoms with Crippen molar-refractivity contribution in [3.05, 3.63) is 47.0 Å². The third kappa shape index (κ3) is 4.21. The van der Waals surface area contributed by atoms with Gasteiger partial charge in [-0.2, -0.15) is 17.5 Å². The smallest absolute Gasteiger partial charge is 0.452 e. The molecule has 2 aromatic heterocycles. The number of sulfonamides is 1. The Hall–Kier alpha value is -2.57. The number of ether oxygens (including phenoxy) is 1. The van der Waals surface area contributed by atoms with Gasteiger partial charge in [-0.3, -0.25) is 0 Å². The van der Waals surface area contributed by atoms with E-state index in [-0.39, 0.29) is 23.7 Å². The summed E-state index contributed by atoms with van der Waals surface area (Å²) in [5.74, 6) is -0.511. The Bertz CT molecular complexity index is 1210. The van der Waals surface area contributed by atoms with E-state index in [4.69, 9.17) is 4.74 Å². The molecule has 0 saturated carbocycles. The number of benzene rings is 1. The summed E-state index contributed by atoms with van der Waals surface area (Å²) in [6.45, 7) is 3.12. The molecule has 0 aliphatic carbocycles. The van der Waals surface area contributed by atoms with Crippen LogP contribution in [0.4, 0.5) is 18.9 Å². The van der Waals surface area contributed by atoms with Crippen LogP contribution in [0.15, 0.2) is 45.8 Å². The SMILES string of the molecule is COc1ccccc1N1CCN(S(=O)(=O)c2cc(-c3cc(C(F)(F)F)on3)sc2C)CC1. The number of thiophene rings is 1. The minimum Gasteiger partial charge on any atom is -0.495 e. The van der Waals surface area contributed by atoms with Gasteiger partial charge >= 0.3 is 6.18 Å². The fraction of sp³-hybridized carbons (Fsp3) is 0.350. The zero-order valence-electron chi connectivity index (χ0n) is 17.2. The zero-order valence-corrected chi connectivity index (χ0v) is 18.9. The number of hydrogen-bond donors (Lipinski definition) is 0. The van der Waals surface area contributed by atoms with Crippen molar-refractivity contribution in [1.29, 1.82) is 0 Å². The molecule has 172 valence electrons. The van der Waals surface area contributed by atoms with Gasteiger partial charge in [0.1, 0.15) is 11.4 Å². The second-order valence-electron chi connectivity index (χ2n) is 7.17. The molecule has 0 atom stereocenters. The minimum absolute atomic E-state index is 0.0483.